The number of ether oxygens (including phenoxy) is 1. The van der Waals surface area contributed by atoms with Gasteiger partial charge in [-0.05, 0) is 53.1 Å². The first-order valence-electron chi connectivity index (χ1n) is 11.2. The first-order chi connectivity index (χ1) is 17.6. The van der Waals surface area contributed by atoms with Crippen LogP contribution in [0.1, 0.15) is 33.2 Å². The smallest absolute Gasteiger partial charge is 0.379 e. The molecule has 1 heterocycles. The van der Waals surface area contributed by atoms with E-state index in [-0.39, 0.29) is 18.2 Å². The van der Waals surface area contributed by atoms with Gasteiger partial charge in [-0.3, -0.25) is 9.59 Å². The van der Waals surface area contributed by atoms with Crippen molar-refractivity contribution in [1.82, 2.24) is 10.7 Å². The highest BCUT2D eigenvalue weighted by molar-refractivity contribution is 5.91. The predicted molar refractivity (Wildman–Crippen MR) is 134 cm³/mol. The van der Waals surface area contributed by atoms with Gasteiger partial charge in [0.1, 0.15) is 5.75 Å². The Balaban J connectivity index is 1.28. The lowest BCUT2D eigenvalue weighted by Crippen LogP contribution is -2.37. The minimum Gasteiger partial charge on any atom is -0.457 e. The molecule has 180 valence electrons. The quantitative estimate of drug-likeness (QED) is 0.163. The number of rotatable bonds is 9. The molecule has 0 fully saturated rings. The van der Waals surface area contributed by atoms with Crippen molar-refractivity contribution in [3.8, 4) is 5.75 Å². The summed E-state index contributed by atoms with van der Waals surface area (Å²) in [4.78, 5) is 37.1. The molecule has 2 amide bonds. The molecule has 0 aliphatic rings. The van der Waals surface area contributed by atoms with Crippen LogP contribution in [0.5, 0.6) is 5.75 Å². The number of amides is 2. The third kappa shape index (κ3) is 6.54. The van der Waals surface area contributed by atoms with E-state index in [0.717, 1.165) is 11.1 Å². The van der Waals surface area contributed by atoms with Crippen LogP contribution in [-0.4, -0.2) is 30.5 Å². The van der Waals surface area contributed by atoms with Gasteiger partial charge in [-0.25, -0.2) is 10.2 Å². The van der Waals surface area contributed by atoms with E-state index < -0.39 is 17.8 Å². The number of nitrogens with zero attached hydrogens (tertiary/aromatic N) is 1. The first kappa shape index (κ1) is 24.2. The zero-order chi connectivity index (χ0) is 25.2. The predicted octanol–water partition coefficient (Wildman–Crippen LogP) is 3.90. The number of nitrogens with one attached hydrogen (secondary N) is 2. The number of carbonyl (C=O) groups excluding carboxylic acids is 3. The van der Waals surface area contributed by atoms with Crippen molar-refractivity contribution in [1.29, 1.82) is 0 Å². The zero-order valence-electron chi connectivity index (χ0n) is 19.2. The third-order valence-corrected chi connectivity index (χ3v) is 5.17. The van der Waals surface area contributed by atoms with Crippen molar-refractivity contribution in [2.45, 2.75) is 5.92 Å². The maximum atomic E-state index is 13.0. The summed E-state index contributed by atoms with van der Waals surface area (Å²) in [6.45, 7) is -0.228. The van der Waals surface area contributed by atoms with Crippen LogP contribution >= 0.6 is 0 Å². The fourth-order valence-electron chi connectivity index (χ4n) is 3.45. The lowest BCUT2D eigenvalue weighted by molar-refractivity contribution is -0.126. The lowest BCUT2D eigenvalue weighted by Gasteiger charge is -2.17. The number of hydrazone groups is 1. The highest BCUT2D eigenvalue weighted by atomic mass is 16.5. The van der Waals surface area contributed by atoms with E-state index in [9.17, 15) is 14.4 Å². The Kier molecular flexibility index (Phi) is 8.01. The Morgan fingerprint density at radius 2 is 1.47 bits per heavy atom. The average Bonchev–Trinajstić information content (AvgIpc) is 3.45. The van der Waals surface area contributed by atoms with Gasteiger partial charge in [0.2, 0.25) is 11.7 Å². The molecular formula is C28H23N3O5. The molecule has 0 aliphatic heterocycles. The Bertz CT molecular complexity index is 1280. The molecule has 0 spiro atoms. The van der Waals surface area contributed by atoms with Gasteiger partial charge < -0.3 is 14.5 Å². The monoisotopic (exact) mass is 481 g/mol. The van der Waals surface area contributed by atoms with E-state index in [1.807, 2.05) is 60.7 Å². The van der Waals surface area contributed by atoms with Gasteiger partial charge in [0.15, 0.2) is 0 Å². The Morgan fingerprint density at radius 1 is 0.833 bits per heavy atom. The van der Waals surface area contributed by atoms with E-state index in [0.29, 0.717) is 11.3 Å². The lowest BCUT2D eigenvalue weighted by atomic mass is 9.90. The van der Waals surface area contributed by atoms with Crippen LogP contribution in [0.2, 0.25) is 0 Å². The van der Waals surface area contributed by atoms with Crippen molar-refractivity contribution in [3.05, 3.63) is 126 Å². The molecule has 0 saturated heterocycles. The molecule has 3 aromatic carbocycles. The van der Waals surface area contributed by atoms with E-state index >= 15 is 0 Å². The van der Waals surface area contributed by atoms with Crippen molar-refractivity contribution >= 4 is 24.0 Å². The van der Waals surface area contributed by atoms with Crippen molar-refractivity contribution in [3.63, 3.8) is 0 Å². The highest BCUT2D eigenvalue weighted by Gasteiger charge is 2.22. The number of esters is 1. The highest BCUT2D eigenvalue weighted by Crippen LogP contribution is 2.24. The minimum atomic E-state index is -0.600. The molecule has 1 aromatic heterocycles. The van der Waals surface area contributed by atoms with Crippen LogP contribution < -0.4 is 15.5 Å². The maximum Gasteiger partial charge on any atom is 0.379 e. The van der Waals surface area contributed by atoms with Gasteiger partial charge in [0, 0.05) is 0 Å². The summed E-state index contributed by atoms with van der Waals surface area (Å²) in [5, 5.41) is 6.60. The second-order valence-corrected chi connectivity index (χ2v) is 7.70. The molecule has 8 heteroatoms. The topological polar surface area (TPSA) is 110 Å². The van der Waals surface area contributed by atoms with Crippen LogP contribution in [0.3, 0.4) is 0 Å². The zero-order valence-corrected chi connectivity index (χ0v) is 19.2. The number of carbonyl (C=O) groups is 3. The normalized spacial score (nSPS) is 10.8. The van der Waals surface area contributed by atoms with Gasteiger partial charge in [-0.15, -0.1) is 0 Å². The van der Waals surface area contributed by atoms with Gasteiger partial charge in [-0.2, -0.15) is 5.10 Å². The summed E-state index contributed by atoms with van der Waals surface area (Å²) in [5.74, 6) is -1.45. The summed E-state index contributed by atoms with van der Waals surface area (Å²) in [6.07, 6.45) is 2.83. The van der Waals surface area contributed by atoms with Crippen LogP contribution in [0.4, 0.5) is 0 Å². The summed E-state index contributed by atoms with van der Waals surface area (Å²) >= 11 is 0. The maximum absolute atomic E-state index is 13.0. The molecule has 4 rings (SSSR count). The third-order valence-electron chi connectivity index (χ3n) is 5.17. The summed E-state index contributed by atoms with van der Waals surface area (Å²) in [7, 11) is 0. The van der Waals surface area contributed by atoms with Gasteiger partial charge in [0.25, 0.3) is 5.91 Å². The van der Waals surface area contributed by atoms with E-state index in [4.69, 9.17) is 9.15 Å². The molecule has 0 bridgehead atoms. The second-order valence-electron chi connectivity index (χ2n) is 7.70. The molecule has 36 heavy (non-hydrogen) atoms. The summed E-state index contributed by atoms with van der Waals surface area (Å²) in [5.41, 5.74) is 4.72. The van der Waals surface area contributed by atoms with E-state index in [1.54, 1.807) is 30.3 Å². The SMILES string of the molecule is O=C(CNC(=O)C(c1ccccc1)c1ccccc1)N/N=C/c1ccc(OC(=O)c2ccco2)cc1. The fraction of sp³-hybridized carbons (Fsp3) is 0.0714. The first-order valence-corrected chi connectivity index (χ1v) is 11.2. The Labute approximate surface area is 207 Å². The molecular weight excluding hydrogens is 458 g/mol. The van der Waals surface area contributed by atoms with E-state index in [2.05, 4.69) is 15.8 Å². The number of benzene rings is 3. The number of hydrogen-bond donors (Lipinski definition) is 2. The Morgan fingerprint density at radius 3 is 2.06 bits per heavy atom. The second kappa shape index (κ2) is 11.9. The molecule has 2 N–H and O–H groups in total. The standard InChI is InChI=1S/C28H23N3O5/c32-25(19-29-27(33)26(21-8-3-1-4-9-21)22-10-5-2-6-11-22)31-30-18-20-13-15-23(16-14-20)36-28(34)24-12-7-17-35-24/h1-18,26H,19H2,(H,29,33)(H,31,32)/b30-18+. The molecule has 0 saturated carbocycles. The van der Waals surface area contributed by atoms with Crippen LogP contribution in [-0.2, 0) is 9.59 Å². The summed E-state index contributed by atoms with van der Waals surface area (Å²) < 4.78 is 10.2. The molecule has 0 atom stereocenters. The van der Waals surface area contributed by atoms with Gasteiger partial charge in [-0.1, -0.05) is 60.7 Å². The molecule has 0 unspecified atom stereocenters. The number of hydrogen-bond acceptors (Lipinski definition) is 6. The minimum absolute atomic E-state index is 0.106. The van der Waals surface area contributed by atoms with Crippen LogP contribution in [0.15, 0.2) is 113 Å². The molecule has 0 radical (unpaired) electrons. The largest absolute Gasteiger partial charge is 0.457 e. The van der Waals surface area contributed by atoms with Crippen LogP contribution in [0.25, 0.3) is 0 Å². The van der Waals surface area contributed by atoms with Crippen molar-refractivity contribution in [2.24, 2.45) is 5.10 Å². The summed E-state index contributed by atoms with van der Waals surface area (Å²) in [6, 6.07) is 28.4. The van der Waals surface area contributed by atoms with Crippen molar-refractivity contribution in [2.75, 3.05) is 6.54 Å². The molecule has 0 aliphatic carbocycles. The average molecular weight is 482 g/mol. The van der Waals surface area contributed by atoms with E-state index in [1.165, 1.54) is 18.5 Å². The molecule has 4 aromatic rings. The number of furan rings is 1. The van der Waals surface area contributed by atoms with Crippen LogP contribution in [0, 0.1) is 0 Å². The fourth-order valence-corrected chi connectivity index (χ4v) is 3.45. The van der Waals surface area contributed by atoms with Gasteiger partial charge >= 0.3 is 5.97 Å². The van der Waals surface area contributed by atoms with Crippen molar-refractivity contribution < 1.29 is 23.5 Å². The van der Waals surface area contributed by atoms with Gasteiger partial charge in [0.05, 0.1) is 24.9 Å². The molecule has 8 nitrogen and oxygen atoms in total. The Hall–Kier alpha value is -4.98.